The molecule has 3 rings (SSSR count). The standard InChI is InChI=1S/C16H18N4O2/c1-11-6-8-18-16(15(11)20(21)22)19-10-14-13-5-3-2-4-12(13)7-9-17-14/h2-6,8,14,17H,7,9-10H2,1H3,(H,18,19). The Kier molecular flexibility index (Phi) is 4.02. The second-order valence-corrected chi connectivity index (χ2v) is 5.42. The van der Waals surface area contributed by atoms with Gasteiger partial charge >= 0.3 is 5.69 Å². The Morgan fingerprint density at radius 2 is 2.23 bits per heavy atom. The van der Waals surface area contributed by atoms with Crippen LogP contribution in [0.25, 0.3) is 0 Å². The zero-order chi connectivity index (χ0) is 15.5. The lowest BCUT2D eigenvalue weighted by atomic mass is 9.94. The van der Waals surface area contributed by atoms with Crippen molar-refractivity contribution in [2.75, 3.05) is 18.4 Å². The topological polar surface area (TPSA) is 80.1 Å². The molecule has 0 spiro atoms. The fraction of sp³-hybridized carbons (Fsp3) is 0.312. The lowest BCUT2D eigenvalue weighted by molar-refractivity contribution is -0.384. The first-order valence-electron chi connectivity index (χ1n) is 7.32. The first-order chi connectivity index (χ1) is 10.7. The van der Waals surface area contributed by atoms with Gasteiger partial charge in [-0.05, 0) is 37.1 Å². The second-order valence-electron chi connectivity index (χ2n) is 5.42. The molecule has 114 valence electrons. The number of nitrogens with zero attached hydrogens (tertiary/aromatic N) is 2. The average Bonchev–Trinajstić information content (AvgIpc) is 2.52. The smallest absolute Gasteiger partial charge is 0.314 e. The highest BCUT2D eigenvalue weighted by molar-refractivity contribution is 5.59. The van der Waals surface area contributed by atoms with Gasteiger partial charge in [-0.1, -0.05) is 24.3 Å². The van der Waals surface area contributed by atoms with Gasteiger partial charge in [0.1, 0.15) is 0 Å². The van der Waals surface area contributed by atoms with Gasteiger partial charge in [-0.3, -0.25) is 10.1 Å². The molecule has 1 atom stereocenters. The van der Waals surface area contributed by atoms with Crippen LogP contribution in [0.15, 0.2) is 36.5 Å². The lowest BCUT2D eigenvalue weighted by Crippen LogP contribution is -2.34. The molecule has 22 heavy (non-hydrogen) atoms. The van der Waals surface area contributed by atoms with Crippen LogP contribution in [-0.2, 0) is 6.42 Å². The predicted octanol–water partition coefficient (Wildman–Crippen LogP) is 2.60. The number of aryl methyl sites for hydroxylation is 1. The van der Waals surface area contributed by atoms with Crippen LogP contribution in [0.4, 0.5) is 11.5 Å². The minimum atomic E-state index is -0.382. The van der Waals surface area contributed by atoms with Gasteiger partial charge in [0.2, 0.25) is 5.82 Å². The summed E-state index contributed by atoms with van der Waals surface area (Å²) >= 11 is 0. The van der Waals surface area contributed by atoms with Crippen molar-refractivity contribution in [3.63, 3.8) is 0 Å². The third kappa shape index (κ3) is 2.78. The predicted molar refractivity (Wildman–Crippen MR) is 85.0 cm³/mol. The van der Waals surface area contributed by atoms with Crippen molar-refractivity contribution in [2.45, 2.75) is 19.4 Å². The van der Waals surface area contributed by atoms with E-state index in [4.69, 9.17) is 0 Å². The number of benzene rings is 1. The molecule has 0 fully saturated rings. The molecule has 0 saturated carbocycles. The number of fused-ring (bicyclic) bond motifs is 1. The summed E-state index contributed by atoms with van der Waals surface area (Å²) in [5.74, 6) is 0.329. The average molecular weight is 298 g/mol. The highest BCUT2D eigenvalue weighted by Crippen LogP contribution is 2.27. The molecule has 1 aliphatic heterocycles. The monoisotopic (exact) mass is 298 g/mol. The first kappa shape index (κ1) is 14.5. The maximum atomic E-state index is 11.2. The van der Waals surface area contributed by atoms with E-state index in [0.29, 0.717) is 17.9 Å². The van der Waals surface area contributed by atoms with Gasteiger partial charge in [0.05, 0.1) is 4.92 Å². The van der Waals surface area contributed by atoms with Crippen LogP contribution in [0.3, 0.4) is 0 Å². The number of hydrogen-bond donors (Lipinski definition) is 2. The zero-order valence-electron chi connectivity index (χ0n) is 12.4. The summed E-state index contributed by atoms with van der Waals surface area (Å²) in [6.07, 6.45) is 2.60. The summed E-state index contributed by atoms with van der Waals surface area (Å²) in [6, 6.07) is 10.1. The number of anilines is 1. The minimum Gasteiger partial charge on any atom is -0.362 e. The molecule has 1 aromatic heterocycles. The normalized spacial score (nSPS) is 16.9. The van der Waals surface area contributed by atoms with Gasteiger partial charge in [-0.15, -0.1) is 0 Å². The van der Waals surface area contributed by atoms with Crippen molar-refractivity contribution < 1.29 is 4.92 Å². The van der Waals surface area contributed by atoms with E-state index < -0.39 is 0 Å². The fourth-order valence-corrected chi connectivity index (χ4v) is 2.88. The third-order valence-corrected chi connectivity index (χ3v) is 4.00. The molecule has 2 N–H and O–H groups in total. The Balaban J connectivity index is 1.80. The maximum absolute atomic E-state index is 11.2. The Bertz CT molecular complexity index is 702. The minimum absolute atomic E-state index is 0.0478. The van der Waals surface area contributed by atoms with Crippen LogP contribution < -0.4 is 10.6 Å². The molecule has 1 aromatic carbocycles. The summed E-state index contributed by atoms with van der Waals surface area (Å²) in [7, 11) is 0. The molecule has 0 bridgehead atoms. The van der Waals surface area contributed by atoms with Crippen molar-refractivity contribution in [2.24, 2.45) is 0 Å². The van der Waals surface area contributed by atoms with Crippen molar-refractivity contribution >= 4 is 11.5 Å². The molecule has 1 aliphatic rings. The zero-order valence-corrected chi connectivity index (χ0v) is 12.4. The summed E-state index contributed by atoms with van der Waals surface area (Å²) in [4.78, 5) is 14.9. The molecule has 6 heteroatoms. The van der Waals surface area contributed by atoms with E-state index >= 15 is 0 Å². The Labute approximate surface area is 128 Å². The van der Waals surface area contributed by atoms with Crippen LogP contribution in [0, 0.1) is 17.0 Å². The van der Waals surface area contributed by atoms with Crippen molar-refractivity contribution in [1.82, 2.24) is 10.3 Å². The van der Waals surface area contributed by atoms with Gasteiger partial charge in [-0.25, -0.2) is 4.98 Å². The summed E-state index contributed by atoms with van der Waals surface area (Å²) in [5, 5.41) is 17.8. The van der Waals surface area contributed by atoms with Crippen molar-refractivity contribution in [1.29, 1.82) is 0 Å². The van der Waals surface area contributed by atoms with Crippen molar-refractivity contribution in [3.05, 3.63) is 63.3 Å². The summed E-state index contributed by atoms with van der Waals surface area (Å²) in [6.45, 7) is 3.19. The number of rotatable bonds is 4. The number of nitrogens with one attached hydrogen (secondary N) is 2. The van der Waals surface area contributed by atoms with Crippen LogP contribution >= 0.6 is 0 Å². The molecule has 0 saturated heterocycles. The van der Waals surface area contributed by atoms with Gasteiger partial charge in [0.15, 0.2) is 0 Å². The van der Waals surface area contributed by atoms with E-state index in [9.17, 15) is 10.1 Å². The Morgan fingerprint density at radius 1 is 1.41 bits per heavy atom. The summed E-state index contributed by atoms with van der Waals surface area (Å²) in [5.41, 5.74) is 3.24. The van der Waals surface area contributed by atoms with Crippen molar-refractivity contribution in [3.8, 4) is 0 Å². The van der Waals surface area contributed by atoms with E-state index in [0.717, 1.165) is 13.0 Å². The molecule has 2 heterocycles. The summed E-state index contributed by atoms with van der Waals surface area (Å²) < 4.78 is 0. The highest BCUT2D eigenvalue weighted by atomic mass is 16.6. The number of hydrogen-bond acceptors (Lipinski definition) is 5. The largest absolute Gasteiger partial charge is 0.362 e. The van der Waals surface area contributed by atoms with Gasteiger partial charge in [0, 0.05) is 24.3 Å². The second kappa shape index (κ2) is 6.11. The molecule has 2 aromatic rings. The molecule has 0 radical (unpaired) electrons. The van der Waals surface area contributed by atoms with E-state index in [2.05, 4.69) is 27.8 Å². The molecule has 1 unspecified atom stereocenters. The van der Waals surface area contributed by atoms with E-state index in [1.807, 2.05) is 12.1 Å². The van der Waals surface area contributed by atoms with E-state index in [1.165, 1.54) is 11.1 Å². The van der Waals surface area contributed by atoms with Gasteiger partial charge in [0.25, 0.3) is 0 Å². The SMILES string of the molecule is Cc1ccnc(NCC2NCCc3ccccc32)c1[N+](=O)[O-]. The molecular weight excluding hydrogens is 280 g/mol. The van der Waals surface area contributed by atoms with E-state index in [1.54, 1.807) is 19.2 Å². The number of nitro groups is 1. The van der Waals surface area contributed by atoms with Crippen LogP contribution in [0.5, 0.6) is 0 Å². The Morgan fingerprint density at radius 3 is 3.05 bits per heavy atom. The molecular formula is C16H18N4O2. The first-order valence-corrected chi connectivity index (χ1v) is 7.32. The van der Waals surface area contributed by atoms with Crippen LogP contribution in [0.1, 0.15) is 22.7 Å². The number of pyridine rings is 1. The maximum Gasteiger partial charge on any atom is 0.314 e. The van der Waals surface area contributed by atoms with Crippen LogP contribution in [-0.4, -0.2) is 23.0 Å². The van der Waals surface area contributed by atoms with Crippen LogP contribution in [0.2, 0.25) is 0 Å². The Hall–Kier alpha value is -2.47. The number of aromatic nitrogens is 1. The van der Waals surface area contributed by atoms with Gasteiger partial charge in [-0.2, -0.15) is 0 Å². The van der Waals surface area contributed by atoms with Gasteiger partial charge < -0.3 is 10.6 Å². The molecule has 6 nitrogen and oxygen atoms in total. The molecule has 0 aliphatic carbocycles. The van der Waals surface area contributed by atoms with E-state index in [-0.39, 0.29) is 16.7 Å². The third-order valence-electron chi connectivity index (χ3n) is 4.00. The lowest BCUT2D eigenvalue weighted by Gasteiger charge is -2.27. The highest BCUT2D eigenvalue weighted by Gasteiger charge is 2.22. The molecule has 0 amide bonds. The quantitative estimate of drug-likeness (QED) is 0.670. The fourth-order valence-electron chi connectivity index (χ4n) is 2.88.